The maximum absolute atomic E-state index is 12.9. The second-order valence-electron chi connectivity index (χ2n) is 6.83. The number of H-pyrrole nitrogens is 1. The van der Waals surface area contributed by atoms with Crippen LogP contribution in [0.1, 0.15) is 34.8 Å². The summed E-state index contributed by atoms with van der Waals surface area (Å²) in [7, 11) is 0. The van der Waals surface area contributed by atoms with Crippen LogP contribution in [0.5, 0.6) is 0 Å². The molecule has 0 unspecified atom stereocenters. The van der Waals surface area contributed by atoms with Crippen molar-refractivity contribution in [1.82, 2.24) is 34.3 Å². The molecule has 0 bridgehead atoms. The lowest BCUT2D eigenvalue weighted by Crippen LogP contribution is -2.10. The largest absolute Gasteiger partial charge is 0.282 e. The third-order valence-corrected chi connectivity index (χ3v) is 4.87. The Morgan fingerprint density at radius 3 is 2.59 bits per heavy atom. The molecule has 0 saturated heterocycles. The first-order chi connectivity index (χ1) is 13.9. The van der Waals surface area contributed by atoms with Crippen molar-refractivity contribution in [3.05, 3.63) is 75.8 Å². The molecule has 0 radical (unpaired) electrons. The summed E-state index contributed by atoms with van der Waals surface area (Å²) >= 11 is 5.36. The quantitative estimate of drug-likeness (QED) is 0.484. The van der Waals surface area contributed by atoms with Gasteiger partial charge >= 0.3 is 0 Å². The van der Waals surface area contributed by atoms with Crippen molar-refractivity contribution in [2.24, 2.45) is 0 Å². The van der Waals surface area contributed by atoms with E-state index in [9.17, 15) is 8.78 Å². The highest BCUT2D eigenvalue weighted by molar-refractivity contribution is 7.71. The molecule has 0 atom stereocenters. The Morgan fingerprint density at radius 2 is 1.90 bits per heavy atom. The molecule has 0 saturated carbocycles. The molecule has 0 aliphatic heterocycles. The fraction of sp³-hybridized carbons (Fsp3) is 0.263. The van der Waals surface area contributed by atoms with Gasteiger partial charge in [-0.15, -0.1) is 0 Å². The number of aromatic amines is 1. The van der Waals surface area contributed by atoms with Crippen LogP contribution in [0.2, 0.25) is 0 Å². The van der Waals surface area contributed by atoms with Gasteiger partial charge in [0.05, 0.1) is 18.4 Å². The van der Waals surface area contributed by atoms with E-state index in [0.717, 1.165) is 11.3 Å². The number of aryl methyl sites for hydroxylation is 2. The lowest BCUT2D eigenvalue weighted by atomic mass is 10.1. The number of nitrogens with one attached hydrogen (secondary N) is 1. The van der Waals surface area contributed by atoms with Gasteiger partial charge in [-0.3, -0.25) is 19.0 Å². The van der Waals surface area contributed by atoms with Crippen molar-refractivity contribution in [2.75, 3.05) is 0 Å². The van der Waals surface area contributed by atoms with Crippen molar-refractivity contribution in [3.8, 4) is 5.69 Å². The van der Waals surface area contributed by atoms with E-state index in [2.05, 4.69) is 44.7 Å². The lowest BCUT2D eigenvalue weighted by molar-refractivity contribution is 0.145. The lowest BCUT2D eigenvalue weighted by Gasteiger charge is -2.06. The van der Waals surface area contributed by atoms with E-state index < -0.39 is 6.43 Å². The number of alkyl halides is 2. The van der Waals surface area contributed by atoms with Crippen LogP contribution in [0.4, 0.5) is 8.78 Å². The van der Waals surface area contributed by atoms with E-state index in [1.165, 1.54) is 16.3 Å². The normalized spacial score (nSPS) is 11.5. The third-order valence-electron chi connectivity index (χ3n) is 4.60. The SMILES string of the molecule is Cc1ccc(Cn2cc(-n3c(Cn4nc(C(F)F)cc4C)n[nH]c3=S)cn2)cc1. The van der Waals surface area contributed by atoms with Crippen LogP contribution in [0.15, 0.2) is 42.7 Å². The van der Waals surface area contributed by atoms with Crippen LogP contribution >= 0.6 is 12.2 Å². The first-order valence-corrected chi connectivity index (χ1v) is 9.38. The minimum Gasteiger partial charge on any atom is -0.267 e. The zero-order chi connectivity index (χ0) is 20.5. The summed E-state index contributed by atoms with van der Waals surface area (Å²) in [6, 6.07) is 9.61. The molecule has 1 aromatic carbocycles. The molecule has 0 aliphatic rings. The maximum Gasteiger partial charge on any atom is 0.282 e. The molecule has 1 N–H and O–H groups in total. The van der Waals surface area contributed by atoms with Gasteiger partial charge in [-0.05, 0) is 37.7 Å². The Hall–Kier alpha value is -3.14. The number of benzene rings is 1. The van der Waals surface area contributed by atoms with E-state index in [-0.39, 0.29) is 12.2 Å². The summed E-state index contributed by atoms with van der Waals surface area (Å²) in [5, 5.41) is 15.4. The molecule has 29 heavy (non-hydrogen) atoms. The number of nitrogens with zero attached hydrogens (tertiary/aromatic N) is 6. The van der Waals surface area contributed by atoms with Crippen molar-refractivity contribution in [2.45, 2.75) is 33.4 Å². The second-order valence-corrected chi connectivity index (χ2v) is 7.22. The molecule has 0 fully saturated rings. The summed E-state index contributed by atoms with van der Waals surface area (Å²) in [5.41, 5.74) is 3.44. The van der Waals surface area contributed by atoms with Gasteiger partial charge in [0.25, 0.3) is 6.43 Å². The minimum atomic E-state index is -2.62. The van der Waals surface area contributed by atoms with Gasteiger partial charge in [0.2, 0.25) is 0 Å². The highest BCUT2D eigenvalue weighted by Crippen LogP contribution is 2.19. The fourth-order valence-electron chi connectivity index (χ4n) is 3.07. The highest BCUT2D eigenvalue weighted by Gasteiger charge is 2.16. The summed E-state index contributed by atoms with van der Waals surface area (Å²) in [5.74, 6) is 0.553. The Morgan fingerprint density at radius 1 is 1.14 bits per heavy atom. The van der Waals surface area contributed by atoms with Crippen LogP contribution in [0.3, 0.4) is 0 Å². The van der Waals surface area contributed by atoms with Gasteiger partial charge in [-0.25, -0.2) is 8.78 Å². The monoisotopic (exact) mass is 415 g/mol. The van der Waals surface area contributed by atoms with Crippen LogP contribution in [-0.4, -0.2) is 34.3 Å². The van der Waals surface area contributed by atoms with Crippen molar-refractivity contribution in [3.63, 3.8) is 0 Å². The average Bonchev–Trinajstić information content (AvgIpc) is 3.37. The molecule has 10 heteroatoms. The van der Waals surface area contributed by atoms with Crippen LogP contribution in [0.25, 0.3) is 5.69 Å². The van der Waals surface area contributed by atoms with Gasteiger partial charge < -0.3 is 0 Å². The molecular formula is C19H19F2N7S. The van der Waals surface area contributed by atoms with Crippen LogP contribution < -0.4 is 0 Å². The first-order valence-electron chi connectivity index (χ1n) is 8.98. The summed E-state index contributed by atoms with van der Waals surface area (Å²) < 4.78 is 31.3. The maximum atomic E-state index is 12.9. The Kier molecular flexibility index (Phi) is 5.10. The molecule has 0 spiro atoms. The molecule has 0 aliphatic carbocycles. The molecule has 7 nitrogen and oxygen atoms in total. The van der Waals surface area contributed by atoms with Gasteiger partial charge in [0.15, 0.2) is 10.6 Å². The van der Waals surface area contributed by atoms with Gasteiger partial charge in [0.1, 0.15) is 12.2 Å². The van der Waals surface area contributed by atoms with Gasteiger partial charge in [-0.2, -0.15) is 15.3 Å². The number of aromatic nitrogens is 7. The smallest absolute Gasteiger partial charge is 0.267 e. The van der Waals surface area contributed by atoms with E-state index in [4.69, 9.17) is 12.2 Å². The van der Waals surface area contributed by atoms with Gasteiger partial charge in [0, 0.05) is 11.9 Å². The Labute approximate surface area is 170 Å². The number of hydrogen-bond donors (Lipinski definition) is 1. The summed E-state index contributed by atoms with van der Waals surface area (Å²) in [4.78, 5) is 0. The molecule has 3 aromatic heterocycles. The Balaban J connectivity index is 1.60. The van der Waals surface area contributed by atoms with E-state index >= 15 is 0 Å². The van der Waals surface area contributed by atoms with Crippen molar-refractivity contribution < 1.29 is 8.78 Å². The molecule has 4 aromatic rings. The standard InChI is InChI=1S/C19H19F2N7S/c1-12-3-5-14(6-4-12)9-26-10-15(8-22-26)28-17(23-24-19(28)29)11-27-13(2)7-16(25-27)18(20)21/h3-8,10,18H,9,11H2,1-2H3,(H,24,29). The zero-order valence-corrected chi connectivity index (χ0v) is 16.7. The summed E-state index contributed by atoms with van der Waals surface area (Å²) in [6.45, 7) is 4.60. The van der Waals surface area contributed by atoms with E-state index in [1.807, 2.05) is 17.8 Å². The summed E-state index contributed by atoms with van der Waals surface area (Å²) in [6.07, 6.45) is 0.953. The molecule has 3 heterocycles. The Bertz CT molecular complexity index is 1180. The third kappa shape index (κ3) is 4.02. The molecule has 150 valence electrons. The molecular weight excluding hydrogens is 396 g/mol. The number of halogens is 2. The number of hydrogen-bond acceptors (Lipinski definition) is 4. The van der Waals surface area contributed by atoms with Crippen LogP contribution in [0, 0.1) is 18.6 Å². The van der Waals surface area contributed by atoms with Crippen LogP contribution in [-0.2, 0) is 13.1 Å². The van der Waals surface area contributed by atoms with E-state index in [1.54, 1.807) is 17.7 Å². The fourth-order valence-corrected chi connectivity index (χ4v) is 3.33. The second kappa shape index (κ2) is 7.70. The number of rotatable bonds is 6. The topological polar surface area (TPSA) is 69.2 Å². The highest BCUT2D eigenvalue weighted by atomic mass is 32.1. The predicted molar refractivity (Wildman–Crippen MR) is 106 cm³/mol. The minimum absolute atomic E-state index is 0.203. The molecule has 0 amide bonds. The van der Waals surface area contributed by atoms with Gasteiger partial charge in [-0.1, -0.05) is 29.8 Å². The average molecular weight is 415 g/mol. The predicted octanol–water partition coefficient (Wildman–Crippen LogP) is 3.97. The zero-order valence-electron chi connectivity index (χ0n) is 15.9. The van der Waals surface area contributed by atoms with Crippen molar-refractivity contribution in [1.29, 1.82) is 0 Å². The van der Waals surface area contributed by atoms with Crippen molar-refractivity contribution >= 4 is 12.2 Å². The first kappa shape index (κ1) is 19.2. The molecule has 4 rings (SSSR count). The van der Waals surface area contributed by atoms with E-state index in [0.29, 0.717) is 22.8 Å².